The van der Waals surface area contributed by atoms with Gasteiger partial charge in [-0.15, -0.1) is 0 Å². The number of likely N-dealkylation sites (N-methyl/N-ethyl adjacent to an activating group) is 1. The van der Waals surface area contributed by atoms with E-state index in [1.807, 2.05) is 0 Å². The average Bonchev–Trinajstić information content (AvgIpc) is 2.50. The van der Waals surface area contributed by atoms with Gasteiger partial charge in [-0.1, -0.05) is 29.6 Å². The molecule has 2 amide bonds. The van der Waals surface area contributed by atoms with Crippen LogP contribution in [0.3, 0.4) is 0 Å². The van der Waals surface area contributed by atoms with Crippen molar-refractivity contribution in [2.24, 2.45) is 11.7 Å². The minimum atomic E-state index is -0.278. The second-order valence-electron chi connectivity index (χ2n) is 5.99. The molecular formula is C16H21Cl2N3O2. The van der Waals surface area contributed by atoms with E-state index in [1.54, 1.807) is 25.2 Å². The topological polar surface area (TPSA) is 75.4 Å². The number of nitrogens with two attached hydrogens (primary N) is 1. The van der Waals surface area contributed by atoms with Crippen LogP contribution >= 0.6 is 23.2 Å². The summed E-state index contributed by atoms with van der Waals surface area (Å²) in [5, 5.41) is 3.49. The van der Waals surface area contributed by atoms with Crippen molar-refractivity contribution in [3.05, 3.63) is 28.2 Å². The van der Waals surface area contributed by atoms with Crippen LogP contribution in [0.2, 0.25) is 10.0 Å². The summed E-state index contributed by atoms with van der Waals surface area (Å²) in [5.74, 6) is -0.384. The highest BCUT2D eigenvalue weighted by Gasteiger charge is 2.28. The Kier molecular flexibility index (Phi) is 6.27. The number of hydrogen-bond acceptors (Lipinski definition) is 3. The first kappa shape index (κ1) is 18.0. The molecule has 3 N–H and O–H groups in total. The Labute approximate surface area is 146 Å². The molecule has 1 fully saturated rings. The second-order valence-corrected chi connectivity index (χ2v) is 6.81. The zero-order chi connectivity index (χ0) is 17.0. The van der Waals surface area contributed by atoms with Crippen molar-refractivity contribution in [3.63, 3.8) is 0 Å². The number of hydrogen-bond donors (Lipinski definition) is 2. The monoisotopic (exact) mass is 357 g/mol. The van der Waals surface area contributed by atoms with Crippen molar-refractivity contribution in [3.8, 4) is 0 Å². The van der Waals surface area contributed by atoms with Crippen LogP contribution in [0.5, 0.6) is 0 Å². The number of amides is 2. The molecule has 1 aromatic rings. The number of anilines is 1. The van der Waals surface area contributed by atoms with Gasteiger partial charge < -0.3 is 16.0 Å². The Morgan fingerprint density at radius 3 is 2.70 bits per heavy atom. The van der Waals surface area contributed by atoms with Crippen LogP contribution in [0.15, 0.2) is 18.2 Å². The number of nitrogens with one attached hydrogen (secondary N) is 1. The molecule has 0 spiro atoms. The molecule has 5 nitrogen and oxygen atoms in total. The Balaban J connectivity index is 1.88. The van der Waals surface area contributed by atoms with E-state index < -0.39 is 0 Å². The molecule has 0 aliphatic heterocycles. The van der Waals surface area contributed by atoms with Crippen LogP contribution in [-0.4, -0.2) is 36.3 Å². The quantitative estimate of drug-likeness (QED) is 0.869. The molecule has 126 valence electrons. The van der Waals surface area contributed by atoms with E-state index in [9.17, 15) is 9.59 Å². The van der Waals surface area contributed by atoms with Gasteiger partial charge in [-0.2, -0.15) is 0 Å². The lowest BCUT2D eigenvalue weighted by Crippen LogP contribution is -2.41. The first-order valence-corrected chi connectivity index (χ1v) is 8.38. The highest BCUT2D eigenvalue weighted by atomic mass is 35.5. The van der Waals surface area contributed by atoms with Crippen LogP contribution in [0.25, 0.3) is 0 Å². The highest BCUT2D eigenvalue weighted by Crippen LogP contribution is 2.26. The minimum Gasteiger partial charge on any atom is -0.336 e. The van der Waals surface area contributed by atoms with E-state index in [2.05, 4.69) is 5.32 Å². The maximum Gasteiger partial charge on any atom is 0.243 e. The first-order chi connectivity index (χ1) is 10.9. The fourth-order valence-corrected chi connectivity index (χ4v) is 3.13. The smallest absolute Gasteiger partial charge is 0.243 e. The standard InChI is InChI=1S/C16H21Cl2N3O2/c1-21(16(23)10-3-2-4-11(19)7-10)9-15(22)20-12-5-6-13(17)14(18)8-12/h5-6,8,10-11H,2-4,7,9,19H2,1H3,(H,20,22). The number of halogens is 2. The van der Waals surface area contributed by atoms with Crippen molar-refractivity contribution in [2.45, 2.75) is 31.7 Å². The molecular weight excluding hydrogens is 337 g/mol. The molecule has 1 aromatic carbocycles. The van der Waals surface area contributed by atoms with E-state index in [0.717, 1.165) is 19.3 Å². The summed E-state index contributed by atoms with van der Waals surface area (Å²) in [5.41, 5.74) is 6.47. The van der Waals surface area contributed by atoms with Gasteiger partial charge in [0.25, 0.3) is 0 Å². The third-order valence-electron chi connectivity index (χ3n) is 4.02. The maximum absolute atomic E-state index is 12.4. The van der Waals surface area contributed by atoms with Gasteiger partial charge in [0, 0.05) is 24.7 Å². The molecule has 0 radical (unpaired) electrons. The van der Waals surface area contributed by atoms with Gasteiger partial charge in [0.1, 0.15) is 0 Å². The lowest BCUT2D eigenvalue weighted by atomic mass is 9.85. The van der Waals surface area contributed by atoms with Crippen LogP contribution in [0.4, 0.5) is 5.69 Å². The summed E-state index contributed by atoms with van der Waals surface area (Å²) in [6, 6.07) is 4.92. The Morgan fingerprint density at radius 1 is 1.30 bits per heavy atom. The van der Waals surface area contributed by atoms with Gasteiger partial charge in [0.15, 0.2) is 0 Å². The summed E-state index contributed by atoms with van der Waals surface area (Å²) in [6.45, 7) is -0.00911. The molecule has 0 saturated heterocycles. The number of nitrogens with zero attached hydrogens (tertiary/aromatic N) is 1. The van der Waals surface area contributed by atoms with E-state index in [1.165, 1.54) is 4.90 Å². The van der Waals surface area contributed by atoms with E-state index in [0.29, 0.717) is 22.2 Å². The first-order valence-electron chi connectivity index (χ1n) is 7.62. The van der Waals surface area contributed by atoms with E-state index in [-0.39, 0.29) is 30.3 Å². The van der Waals surface area contributed by atoms with Gasteiger partial charge in [-0.3, -0.25) is 9.59 Å². The molecule has 1 aliphatic rings. The van der Waals surface area contributed by atoms with E-state index >= 15 is 0 Å². The van der Waals surface area contributed by atoms with Crippen molar-refractivity contribution in [1.82, 2.24) is 4.90 Å². The van der Waals surface area contributed by atoms with Gasteiger partial charge in [0.2, 0.25) is 11.8 Å². The zero-order valence-electron chi connectivity index (χ0n) is 13.0. The van der Waals surface area contributed by atoms with Gasteiger partial charge >= 0.3 is 0 Å². The van der Waals surface area contributed by atoms with Crippen molar-refractivity contribution in [1.29, 1.82) is 0 Å². The lowest BCUT2D eigenvalue weighted by molar-refractivity contribution is -0.138. The largest absolute Gasteiger partial charge is 0.336 e. The molecule has 0 bridgehead atoms. The normalized spacial score (nSPS) is 20.9. The van der Waals surface area contributed by atoms with Crippen LogP contribution < -0.4 is 11.1 Å². The molecule has 2 atom stereocenters. The predicted octanol–water partition coefficient (Wildman–Crippen LogP) is 2.91. The van der Waals surface area contributed by atoms with E-state index in [4.69, 9.17) is 28.9 Å². The van der Waals surface area contributed by atoms with Crippen molar-refractivity contribution in [2.75, 3.05) is 18.9 Å². The van der Waals surface area contributed by atoms with Gasteiger partial charge in [-0.05, 0) is 37.5 Å². The number of benzene rings is 1. The van der Waals surface area contributed by atoms with Crippen LogP contribution in [0.1, 0.15) is 25.7 Å². The van der Waals surface area contributed by atoms with Gasteiger partial charge in [-0.25, -0.2) is 0 Å². The molecule has 2 unspecified atom stereocenters. The fourth-order valence-electron chi connectivity index (χ4n) is 2.83. The second kappa shape index (κ2) is 7.99. The SMILES string of the molecule is CN(CC(=O)Nc1ccc(Cl)c(Cl)c1)C(=O)C1CCCC(N)C1. The summed E-state index contributed by atoms with van der Waals surface area (Å²) in [7, 11) is 1.64. The van der Waals surface area contributed by atoms with Gasteiger partial charge in [0.05, 0.1) is 16.6 Å². The molecule has 23 heavy (non-hydrogen) atoms. The predicted molar refractivity (Wildman–Crippen MR) is 92.7 cm³/mol. The Morgan fingerprint density at radius 2 is 2.04 bits per heavy atom. The third kappa shape index (κ3) is 5.09. The molecule has 1 aliphatic carbocycles. The highest BCUT2D eigenvalue weighted by molar-refractivity contribution is 6.42. The number of carbonyl (C=O) groups excluding carboxylic acids is 2. The molecule has 7 heteroatoms. The number of carbonyl (C=O) groups is 2. The zero-order valence-corrected chi connectivity index (χ0v) is 14.5. The Bertz CT molecular complexity index is 595. The van der Waals surface area contributed by atoms with Crippen LogP contribution in [-0.2, 0) is 9.59 Å². The number of rotatable bonds is 4. The van der Waals surface area contributed by atoms with Crippen molar-refractivity contribution < 1.29 is 9.59 Å². The summed E-state index contributed by atoms with van der Waals surface area (Å²) in [6.07, 6.45) is 3.45. The maximum atomic E-state index is 12.4. The minimum absolute atomic E-state index is 0.00911. The van der Waals surface area contributed by atoms with Crippen LogP contribution in [0, 0.1) is 5.92 Å². The summed E-state index contributed by atoms with van der Waals surface area (Å²) in [4.78, 5) is 25.9. The molecule has 1 saturated carbocycles. The third-order valence-corrected chi connectivity index (χ3v) is 4.76. The summed E-state index contributed by atoms with van der Waals surface area (Å²) < 4.78 is 0. The average molecular weight is 358 g/mol. The molecule has 0 aromatic heterocycles. The summed E-state index contributed by atoms with van der Waals surface area (Å²) >= 11 is 11.7. The Hall–Kier alpha value is -1.30. The fraction of sp³-hybridized carbons (Fsp3) is 0.500. The van der Waals surface area contributed by atoms with Crippen molar-refractivity contribution >= 4 is 40.7 Å². The molecule has 2 rings (SSSR count). The lowest BCUT2D eigenvalue weighted by Gasteiger charge is -2.29. The molecule has 0 heterocycles.